The second kappa shape index (κ2) is 12.2. The van der Waals surface area contributed by atoms with Gasteiger partial charge >= 0.3 is 0 Å². The van der Waals surface area contributed by atoms with E-state index in [2.05, 4.69) is 10.7 Å². The lowest BCUT2D eigenvalue weighted by Crippen LogP contribution is -2.49. The highest BCUT2D eigenvalue weighted by Gasteiger charge is 2.20. The van der Waals surface area contributed by atoms with E-state index in [1.165, 1.54) is 38.2 Å². The normalized spacial score (nSPS) is 14.5. The Morgan fingerprint density at radius 3 is 2.42 bits per heavy atom. The van der Waals surface area contributed by atoms with Crippen LogP contribution in [0.3, 0.4) is 0 Å². The van der Waals surface area contributed by atoms with E-state index in [1.54, 1.807) is 23.2 Å². The molecule has 6 nitrogen and oxygen atoms in total. The summed E-state index contributed by atoms with van der Waals surface area (Å²) >= 11 is 0. The summed E-state index contributed by atoms with van der Waals surface area (Å²) in [5, 5.41) is 4.55. The van der Waals surface area contributed by atoms with Crippen LogP contribution in [0.15, 0.2) is 54.6 Å². The molecule has 1 aliphatic rings. The van der Waals surface area contributed by atoms with E-state index in [0.717, 1.165) is 17.7 Å². The monoisotopic (exact) mass is 448 g/mol. The third-order valence-electron chi connectivity index (χ3n) is 6.04. The van der Waals surface area contributed by atoms with E-state index in [4.69, 9.17) is 5.73 Å². The largest absolute Gasteiger partial charge is 0.397 e. The van der Waals surface area contributed by atoms with E-state index in [-0.39, 0.29) is 17.9 Å². The van der Waals surface area contributed by atoms with Gasteiger partial charge in [-0.1, -0.05) is 55.7 Å². The highest BCUT2D eigenvalue weighted by atomic mass is 16.2. The number of carbonyl (C=O) groups excluding carboxylic acids is 2. The zero-order valence-corrected chi connectivity index (χ0v) is 19.7. The van der Waals surface area contributed by atoms with Crippen LogP contribution in [-0.4, -0.2) is 29.4 Å². The number of para-hydroxylation sites is 2. The number of nitrogens with one attached hydrogen (secondary N) is 2. The Bertz CT molecular complexity index is 947. The molecule has 0 atom stereocenters. The van der Waals surface area contributed by atoms with Gasteiger partial charge in [-0.05, 0) is 61.9 Å². The van der Waals surface area contributed by atoms with Gasteiger partial charge in [-0.3, -0.25) is 14.6 Å². The zero-order valence-electron chi connectivity index (χ0n) is 19.7. The number of hydrogen-bond donors (Lipinski definition) is 3. The molecule has 0 saturated heterocycles. The molecule has 1 fully saturated rings. The summed E-state index contributed by atoms with van der Waals surface area (Å²) in [7, 11) is 0. The Hall–Kier alpha value is -3.12. The van der Waals surface area contributed by atoms with Crippen LogP contribution in [0, 0.1) is 5.92 Å². The predicted molar refractivity (Wildman–Crippen MR) is 135 cm³/mol. The zero-order chi connectivity index (χ0) is 23.6. The number of amides is 2. The molecule has 176 valence electrons. The molecule has 0 aliphatic heterocycles. The molecule has 0 spiro atoms. The first-order valence-electron chi connectivity index (χ1n) is 11.9. The van der Waals surface area contributed by atoms with Gasteiger partial charge < -0.3 is 11.1 Å². The fourth-order valence-electron chi connectivity index (χ4n) is 4.14. The van der Waals surface area contributed by atoms with Crippen LogP contribution < -0.4 is 16.5 Å². The van der Waals surface area contributed by atoms with Crippen LogP contribution in [0.4, 0.5) is 11.4 Å². The van der Waals surface area contributed by atoms with E-state index < -0.39 is 0 Å². The van der Waals surface area contributed by atoms with Crippen molar-refractivity contribution in [3.05, 3.63) is 65.7 Å². The topological polar surface area (TPSA) is 87.5 Å². The Balaban J connectivity index is 1.51. The minimum Gasteiger partial charge on any atom is -0.397 e. The third-order valence-corrected chi connectivity index (χ3v) is 6.04. The van der Waals surface area contributed by atoms with Crippen molar-refractivity contribution in [2.45, 2.75) is 58.4 Å². The van der Waals surface area contributed by atoms with Crippen molar-refractivity contribution >= 4 is 29.3 Å². The molecule has 33 heavy (non-hydrogen) atoms. The van der Waals surface area contributed by atoms with Gasteiger partial charge in [-0.2, -0.15) is 0 Å². The number of carbonyl (C=O) groups is 2. The molecule has 1 saturated carbocycles. The average Bonchev–Trinajstić information content (AvgIpc) is 2.81. The van der Waals surface area contributed by atoms with Gasteiger partial charge in [0.15, 0.2) is 0 Å². The Kier molecular flexibility index (Phi) is 9.07. The number of rotatable bonds is 9. The van der Waals surface area contributed by atoms with Crippen LogP contribution in [0.25, 0.3) is 6.08 Å². The number of nitrogens with two attached hydrogens (primary N) is 1. The highest BCUT2D eigenvalue weighted by molar-refractivity contribution is 6.03. The standard InChI is InChI=1S/C27H36N4O2/c1-20(2)31(29-19-23-8-4-3-5-9-23)27(33)18-22-14-12-21(13-15-22)16-17-26(32)30-25-11-7-6-10-24(25)28/h6-7,10-17,20,23,29H,3-5,8-9,18-19,28H2,1-2H3,(H,30,32). The van der Waals surface area contributed by atoms with Crippen LogP contribution in [0.1, 0.15) is 57.1 Å². The summed E-state index contributed by atoms with van der Waals surface area (Å²) in [5.74, 6) is 0.488. The SMILES string of the molecule is CC(C)N(NCC1CCCCC1)C(=O)Cc1ccc(C=CC(=O)Nc2ccccc2N)cc1. The number of benzene rings is 2. The molecule has 0 aromatic heterocycles. The first-order chi connectivity index (χ1) is 15.9. The van der Waals surface area contributed by atoms with Crippen LogP contribution >= 0.6 is 0 Å². The number of nitrogens with zero attached hydrogens (tertiary/aromatic N) is 1. The van der Waals surface area contributed by atoms with E-state index in [9.17, 15) is 9.59 Å². The van der Waals surface area contributed by atoms with Gasteiger partial charge in [-0.15, -0.1) is 0 Å². The lowest BCUT2D eigenvalue weighted by Gasteiger charge is -2.31. The fraction of sp³-hybridized carbons (Fsp3) is 0.407. The van der Waals surface area contributed by atoms with Crippen LogP contribution in [-0.2, 0) is 16.0 Å². The smallest absolute Gasteiger partial charge is 0.248 e. The maximum Gasteiger partial charge on any atom is 0.248 e. The molecule has 0 heterocycles. The molecule has 4 N–H and O–H groups in total. The first kappa shape index (κ1) is 24.5. The lowest BCUT2D eigenvalue weighted by atomic mass is 9.89. The van der Waals surface area contributed by atoms with Crippen molar-refractivity contribution in [2.24, 2.45) is 5.92 Å². The Morgan fingerprint density at radius 1 is 1.06 bits per heavy atom. The lowest BCUT2D eigenvalue weighted by molar-refractivity contribution is -0.136. The van der Waals surface area contributed by atoms with Gasteiger partial charge in [-0.25, -0.2) is 5.43 Å². The average molecular weight is 449 g/mol. The molecule has 1 aliphatic carbocycles. The Morgan fingerprint density at radius 2 is 1.76 bits per heavy atom. The van der Waals surface area contributed by atoms with E-state index in [1.807, 2.05) is 50.2 Å². The maximum absolute atomic E-state index is 12.9. The highest BCUT2D eigenvalue weighted by Crippen LogP contribution is 2.23. The van der Waals surface area contributed by atoms with Crippen LogP contribution in [0.2, 0.25) is 0 Å². The maximum atomic E-state index is 12.9. The van der Waals surface area contributed by atoms with Crippen molar-refractivity contribution in [2.75, 3.05) is 17.6 Å². The number of hydrazine groups is 1. The van der Waals surface area contributed by atoms with Crippen LogP contribution in [0.5, 0.6) is 0 Å². The van der Waals surface area contributed by atoms with Crippen molar-refractivity contribution in [3.63, 3.8) is 0 Å². The summed E-state index contributed by atoms with van der Waals surface area (Å²) in [4.78, 5) is 25.1. The minimum absolute atomic E-state index is 0.0731. The molecule has 6 heteroatoms. The molecule has 2 amide bonds. The predicted octanol–water partition coefficient (Wildman–Crippen LogP) is 4.79. The van der Waals surface area contributed by atoms with Crippen molar-refractivity contribution in [1.82, 2.24) is 10.4 Å². The second-order valence-corrected chi connectivity index (χ2v) is 9.05. The molecular formula is C27H36N4O2. The third kappa shape index (κ3) is 7.75. The fourth-order valence-corrected chi connectivity index (χ4v) is 4.14. The molecule has 0 unspecified atom stereocenters. The second-order valence-electron chi connectivity index (χ2n) is 9.05. The first-order valence-corrected chi connectivity index (χ1v) is 11.9. The molecule has 0 bridgehead atoms. The van der Waals surface area contributed by atoms with Gasteiger partial charge in [0, 0.05) is 18.7 Å². The van der Waals surface area contributed by atoms with E-state index >= 15 is 0 Å². The quantitative estimate of drug-likeness (QED) is 0.293. The molecule has 0 radical (unpaired) electrons. The summed E-state index contributed by atoms with van der Waals surface area (Å²) in [5.41, 5.74) is 12.2. The van der Waals surface area contributed by atoms with Crippen molar-refractivity contribution < 1.29 is 9.59 Å². The summed E-state index contributed by atoms with van der Waals surface area (Å²) in [6.45, 7) is 4.94. The van der Waals surface area contributed by atoms with Crippen molar-refractivity contribution in [1.29, 1.82) is 0 Å². The summed E-state index contributed by atoms with van der Waals surface area (Å²) in [6.07, 6.45) is 9.98. The molecule has 2 aromatic rings. The molecule has 2 aromatic carbocycles. The number of nitrogen functional groups attached to an aromatic ring is 1. The number of anilines is 2. The minimum atomic E-state index is -0.247. The Labute approximate surface area is 197 Å². The van der Waals surface area contributed by atoms with Gasteiger partial charge in [0.2, 0.25) is 11.8 Å². The summed E-state index contributed by atoms with van der Waals surface area (Å²) in [6, 6.07) is 14.9. The van der Waals surface area contributed by atoms with E-state index in [0.29, 0.717) is 23.7 Å². The van der Waals surface area contributed by atoms with Crippen molar-refractivity contribution in [3.8, 4) is 0 Å². The number of hydrogen-bond acceptors (Lipinski definition) is 4. The van der Waals surface area contributed by atoms with Gasteiger partial charge in [0.25, 0.3) is 0 Å². The summed E-state index contributed by atoms with van der Waals surface area (Å²) < 4.78 is 0. The molecular weight excluding hydrogens is 412 g/mol. The molecule has 3 rings (SSSR count). The van der Waals surface area contributed by atoms with Gasteiger partial charge in [0.1, 0.15) is 0 Å². The van der Waals surface area contributed by atoms with Gasteiger partial charge in [0.05, 0.1) is 17.8 Å².